The van der Waals surface area contributed by atoms with Gasteiger partial charge in [0.25, 0.3) is 11.2 Å². The molecule has 0 amide bonds. The summed E-state index contributed by atoms with van der Waals surface area (Å²) in [4.78, 5) is 36.9. The fourth-order valence-corrected chi connectivity index (χ4v) is 2.80. The van der Waals surface area contributed by atoms with Crippen LogP contribution >= 0.6 is 22.9 Å². The van der Waals surface area contributed by atoms with E-state index in [4.69, 9.17) is 11.6 Å². The van der Waals surface area contributed by atoms with E-state index in [2.05, 4.69) is 4.98 Å². The van der Waals surface area contributed by atoms with Crippen molar-refractivity contribution in [1.29, 1.82) is 0 Å². The molecule has 0 spiro atoms. The van der Waals surface area contributed by atoms with Gasteiger partial charge in [-0.3, -0.25) is 19.7 Å². The van der Waals surface area contributed by atoms with Gasteiger partial charge in [0.05, 0.1) is 14.1 Å². The van der Waals surface area contributed by atoms with Gasteiger partial charge in [0.2, 0.25) is 0 Å². The van der Waals surface area contributed by atoms with E-state index in [0.717, 1.165) is 11.3 Å². The van der Waals surface area contributed by atoms with Gasteiger partial charge in [-0.2, -0.15) is 0 Å². The molecule has 126 valence electrons. The fraction of sp³-hybridized carbons (Fsp3) is 0.250. The topological polar surface area (TPSA) is 93.1 Å². The lowest BCUT2D eigenvalue weighted by molar-refractivity contribution is -0.384. The number of halogens is 1. The Morgan fingerprint density at radius 3 is 2.62 bits per heavy atom. The van der Waals surface area contributed by atoms with Crippen LogP contribution in [0.1, 0.15) is 26.3 Å². The third-order valence-corrected chi connectivity index (χ3v) is 4.47. The molecule has 0 radical (unpaired) electrons. The summed E-state index contributed by atoms with van der Waals surface area (Å²) in [6.07, 6.45) is 2.86. The lowest BCUT2D eigenvalue weighted by Crippen LogP contribution is -2.22. The van der Waals surface area contributed by atoms with Gasteiger partial charge in [0, 0.05) is 34.2 Å². The van der Waals surface area contributed by atoms with Gasteiger partial charge in [0.1, 0.15) is 0 Å². The maximum absolute atomic E-state index is 12.0. The summed E-state index contributed by atoms with van der Waals surface area (Å²) in [5.41, 5.74) is -0.676. The van der Waals surface area contributed by atoms with E-state index >= 15 is 0 Å². The molecular weight excluding hydrogens is 352 g/mol. The molecule has 1 aromatic carbocycles. The van der Waals surface area contributed by atoms with Crippen LogP contribution in [0.3, 0.4) is 0 Å². The summed E-state index contributed by atoms with van der Waals surface area (Å²) in [7, 11) is 0. The fourth-order valence-electron chi connectivity index (χ4n) is 1.76. The highest BCUT2D eigenvalue weighted by molar-refractivity contribution is 7.07. The number of nitro benzene ring substituents is 1. The molecule has 24 heavy (non-hydrogen) atoms. The number of aromatic amines is 1. The third kappa shape index (κ3) is 4.18. The van der Waals surface area contributed by atoms with Gasteiger partial charge in [-0.1, -0.05) is 32.4 Å². The number of hydrogen-bond donors (Lipinski definition) is 1. The van der Waals surface area contributed by atoms with Crippen LogP contribution in [0, 0.1) is 15.5 Å². The number of thiazole rings is 1. The number of carbonyl (C=O) groups excluding carboxylic acids is 1. The Balaban J connectivity index is 2.55. The zero-order valence-corrected chi connectivity index (χ0v) is 14.8. The van der Waals surface area contributed by atoms with Gasteiger partial charge >= 0.3 is 0 Å². The molecular formula is C16H15ClN2O4S. The number of H-pyrrole nitrogens is 1. The average molecular weight is 367 g/mol. The van der Waals surface area contributed by atoms with E-state index in [0.29, 0.717) is 19.8 Å². The first-order valence-corrected chi connectivity index (χ1v) is 8.18. The van der Waals surface area contributed by atoms with Gasteiger partial charge in [-0.05, 0) is 12.1 Å². The van der Waals surface area contributed by atoms with Crippen LogP contribution in [-0.2, 0) is 4.79 Å². The summed E-state index contributed by atoms with van der Waals surface area (Å²) in [5, 5.41) is 11.1. The van der Waals surface area contributed by atoms with Crippen molar-refractivity contribution in [3.63, 3.8) is 0 Å². The van der Waals surface area contributed by atoms with Crippen LogP contribution in [-0.4, -0.2) is 15.7 Å². The van der Waals surface area contributed by atoms with Crippen molar-refractivity contribution < 1.29 is 9.72 Å². The molecule has 0 unspecified atom stereocenters. The van der Waals surface area contributed by atoms with Gasteiger partial charge in [0.15, 0.2) is 5.78 Å². The van der Waals surface area contributed by atoms with Crippen molar-refractivity contribution in [1.82, 2.24) is 4.98 Å². The molecule has 1 N–H and O–H groups in total. The second kappa shape index (κ2) is 6.70. The molecule has 0 saturated heterocycles. The highest BCUT2D eigenvalue weighted by atomic mass is 35.5. The number of benzene rings is 1. The number of non-ortho nitro benzene ring substituents is 1. The first-order valence-electron chi connectivity index (χ1n) is 6.99. The molecule has 1 aromatic heterocycles. The normalized spacial score (nSPS) is 13.3. The molecule has 0 bridgehead atoms. The van der Waals surface area contributed by atoms with E-state index in [1.165, 1.54) is 30.4 Å². The first-order chi connectivity index (χ1) is 11.1. The molecule has 6 nitrogen and oxygen atoms in total. The summed E-state index contributed by atoms with van der Waals surface area (Å²) in [5.74, 6) is -0.111. The minimum Gasteiger partial charge on any atom is -0.313 e. The minimum atomic E-state index is -0.548. The predicted octanol–water partition coefficient (Wildman–Crippen LogP) is 2.22. The SMILES string of the molecule is CC(C)(C)C(=O)/C=c1\[nH]c(=O)/c(=C\c2cc([N+](=O)[O-])ccc2Cl)s1. The molecule has 8 heteroatoms. The Bertz CT molecular complexity index is 983. The van der Waals surface area contributed by atoms with Crippen molar-refractivity contribution in [3.05, 3.63) is 58.4 Å². The molecule has 0 aliphatic rings. The zero-order chi connectivity index (χ0) is 18.1. The van der Waals surface area contributed by atoms with E-state index in [1.807, 2.05) is 0 Å². The van der Waals surface area contributed by atoms with Gasteiger partial charge < -0.3 is 4.98 Å². The highest BCUT2D eigenvalue weighted by Gasteiger charge is 2.18. The van der Waals surface area contributed by atoms with E-state index < -0.39 is 10.3 Å². The largest absolute Gasteiger partial charge is 0.313 e. The molecule has 2 aromatic rings. The second-order valence-corrected chi connectivity index (χ2v) is 7.64. The predicted molar refractivity (Wildman–Crippen MR) is 94.8 cm³/mol. The Labute approximate surface area is 146 Å². The third-order valence-electron chi connectivity index (χ3n) is 3.16. The molecule has 0 saturated carbocycles. The average Bonchev–Trinajstić information content (AvgIpc) is 2.79. The zero-order valence-electron chi connectivity index (χ0n) is 13.3. The number of rotatable bonds is 3. The van der Waals surface area contributed by atoms with Gasteiger partial charge in [-0.25, -0.2) is 0 Å². The van der Waals surface area contributed by atoms with Crippen LogP contribution in [0.25, 0.3) is 12.2 Å². The molecule has 0 atom stereocenters. The number of Topliss-reactive ketones (excluding diaryl/α,β-unsaturated/α-hetero) is 1. The lowest BCUT2D eigenvalue weighted by Gasteiger charge is -2.12. The quantitative estimate of drug-likeness (QED) is 0.665. The molecule has 1 heterocycles. The summed E-state index contributed by atoms with van der Waals surface area (Å²) < 4.78 is 0.734. The van der Waals surface area contributed by atoms with Crippen molar-refractivity contribution in [3.8, 4) is 0 Å². The Kier molecular flexibility index (Phi) is 5.05. The maximum atomic E-state index is 12.0. The van der Waals surface area contributed by atoms with Gasteiger partial charge in [-0.15, -0.1) is 11.3 Å². The Hall–Kier alpha value is -2.25. The number of nitro groups is 1. The number of aromatic nitrogens is 1. The summed E-state index contributed by atoms with van der Waals surface area (Å²) in [6.45, 7) is 5.36. The standard InChI is InChI=1S/C16H15ClN2O4S/c1-16(2,3)13(20)8-14-18-15(21)12(24-14)7-9-6-10(19(22)23)4-5-11(9)17/h4-8H,1-3H3,(H,18,21)/b12-7+,14-8+. The van der Waals surface area contributed by atoms with Crippen LogP contribution in [0.2, 0.25) is 5.02 Å². The van der Waals surface area contributed by atoms with Crippen molar-refractivity contribution in [2.45, 2.75) is 20.8 Å². The molecule has 0 aliphatic heterocycles. The van der Waals surface area contributed by atoms with Crippen LogP contribution < -0.4 is 14.8 Å². The van der Waals surface area contributed by atoms with E-state index in [9.17, 15) is 19.7 Å². The second-order valence-electron chi connectivity index (χ2n) is 6.15. The number of hydrogen-bond acceptors (Lipinski definition) is 5. The number of carbonyl (C=O) groups is 1. The minimum absolute atomic E-state index is 0.111. The number of nitrogens with zero attached hydrogens (tertiary/aromatic N) is 1. The van der Waals surface area contributed by atoms with Crippen molar-refractivity contribution in [2.24, 2.45) is 5.41 Å². The van der Waals surface area contributed by atoms with Crippen LogP contribution in [0.4, 0.5) is 5.69 Å². The highest BCUT2D eigenvalue weighted by Crippen LogP contribution is 2.22. The smallest absolute Gasteiger partial charge is 0.270 e. The number of nitrogens with one attached hydrogen (secondary N) is 1. The maximum Gasteiger partial charge on any atom is 0.270 e. The summed E-state index contributed by atoms with van der Waals surface area (Å²) in [6, 6.07) is 3.99. The molecule has 0 fully saturated rings. The summed E-state index contributed by atoms with van der Waals surface area (Å²) >= 11 is 7.12. The van der Waals surface area contributed by atoms with Crippen LogP contribution in [0.5, 0.6) is 0 Å². The first kappa shape index (κ1) is 18.1. The van der Waals surface area contributed by atoms with E-state index in [-0.39, 0.29) is 17.0 Å². The monoisotopic (exact) mass is 366 g/mol. The number of ketones is 1. The lowest BCUT2D eigenvalue weighted by atomic mass is 9.91. The van der Waals surface area contributed by atoms with Crippen molar-refractivity contribution >= 4 is 46.6 Å². The van der Waals surface area contributed by atoms with E-state index in [1.54, 1.807) is 20.8 Å². The van der Waals surface area contributed by atoms with Crippen LogP contribution in [0.15, 0.2) is 23.0 Å². The Morgan fingerprint density at radius 2 is 2.04 bits per heavy atom. The molecule has 0 aliphatic carbocycles. The van der Waals surface area contributed by atoms with Crippen molar-refractivity contribution in [2.75, 3.05) is 0 Å². The molecule has 2 rings (SSSR count). The Morgan fingerprint density at radius 1 is 1.38 bits per heavy atom.